The van der Waals surface area contributed by atoms with E-state index < -0.39 is 5.97 Å². The monoisotopic (exact) mass is 433 g/mol. The number of fused-ring (bicyclic) bond motifs is 1. The summed E-state index contributed by atoms with van der Waals surface area (Å²) in [5.74, 6) is -0.947. The van der Waals surface area contributed by atoms with Gasteiger partial charge in [-0.25, -0.2) is 4.79 Å². The molecule has 1 fully saturated rings. The molecule has 1 aromatic heterocycles. The molecule has 1 aliphatic carbocycles. The maximum absolute atomic E-state index is 13.2. The molecule has 7 heteroatoms. The highest BCUT2D eigenvalue weighted by Gasteiger charge is 2.24. The first-order valence-corrected chi connectivity index (χ1v) is 11.1. The molecule has 7 nitrogen and oxygen atoms in total. The highest BCUT2D eigenvalue weighted by atomic mass is 16.5. The van der Waals surface area contributed by atoms with Crippen molar-refractivity contribution >= 4 is 34.4 Å². The van der Waals surface area contributed by atoms with Gasteiger partial charge in [0.2, 0.25) is 5.91 Å². The lowest BCUT2D eigenvalue weighted by atomic mass is 9.88. The van der Waals surface area contributed by atoms with Crippen molar-refractivity contribution in [3.05, 3.63) is 59.3 Å². The number of ether oxygens (including phenoxy) is 1. The first kappa shape index (κ1) is 21.7. The third-order valence-electron chi connectivity index (χ3n) is 5.85. The molecule has 1 amide bonds. The maximum Gasteiger partial charge on any atom is 0.359 e. The number of hydrogen-bond acceptors (Lipinski definition) is 5. The first-order chi connectivity index (χ1) is 15.5. The minimum absolute atomic E-state index is 0.00888. The van der Waals surface area contributed by atoms with Crippen LogP contribution in [-0.2, 0) is 9.53 Å². The van der Waals surface area contributed by atoms with Crippen molar-refractivity contribution < 1.29 is 19.1 Å². The van der Waals surface area contributed by atoms with Crippen LogP contribution >= 0.6 is 0 Å². The Hall–Kier alpha value is -3.48. The predicted octanol–water partition coefficient (Wildman–Crippen LogP) is 4.73. The number of esters is 1. The van der Waals surface area contributed by atoms with Crippen LogP contribution in [0.4, 0.5) is 5.69 Å². The summed E-state index contributed by atoms with van der Waals surface area (Å²) in [7, 11) is 0. The smallest absolute Gasteiger partial charge is 0.359 e. The Morgan fingerprint density at radius 2 is 1.88 bits per heavy atom. The summed E-state index contributed by atoms with van der Waals surface area (Å²) in [5.41, 5.74) is 2.53. The zero-order valence-electron chi connectivity index (χ0n) is 18.4. The Bertz CT molecular complexity index is 1180. The van der Waals surface area contributed by atoms with Crippen LogP contribution in [0.25, 0.3) is 10.9 Å². The predicted molar refractivity (Wildman–Crippen MR) is 122 cm³/mol. The lowest BCUT2D eigenvalue weighted by molar-refractivity contribution is -0.120. The Balaban J connectivity index is 1.72. The van der Waals surface area contributed by atoms with E-state index in [9.17, 15) is 14.4 Å². The number of nitrogens with one attached hydrogen (secondary N) is 1. The molecule has 0 aliphatic heterocycles. The van der Waals surface area contributed by atoms with Crippen LogP contribution in [0.5, 0.6) is 0 Å². The molecule has 2 aromatic carbocycles. The molecule has 166 valence electrons. The summed E-state index contributed by atoms with van der Waals surface area (Å²) in [6.07, 6.45) is 5.10. The van der Waals surface area contributed by atoms with Gasteiger partial charge < -0.3 is 10.1 Å². The average molecular weight is 434 g/mol. The largest absolute Gasteiger partial charge is 0.461 e. The number of benzene rings is 2. The van der Waals surface area contributed by atoms with Crippen molar-refractivity contribution in [2.45, 2.75) is 46.0 Å². The van der Waals surface area contributed by atoms with E-state index in [2.05, 4.69) is 10.4 Å². The lowest BCUT2D eigenvalue weighted by Gasteiger charge is -2.20. The summed E-state index contributed by atoms with van der Waals surface area (Å²) >= 11 is 0. The molecule has 32 heavy (non-hydrogen) atoms. The molecule has 0 unspecified atom stereocenters. The van der Waals surface area contributed by atoms with Crippen molar-refractivity contribution in [1.29, 1.82) is 0 Å². The number of aryl methyl sites for hydroxylation is 1. The Morgan fingerprint density at radius 3 is 2.59 bits per heavy atom. The second kappa shape index (κ2) is 9.34. The second-order valence-corrected chi connectivity index (χ2v) is 8.21. The second-order valence-electron chi connectivity index (χ2n) is 8.21. The van der Waals surface area contributed by atoms with Crippen molar-refractivity contribution in [1.82, 2.24) is 9.78 Å². The van der Waals surface area contributed by atoms with Gasteiger partial charge in [-0.15, -0.1) is 0 Å². The summed E-state index contributed by atoms with van der Waals surface area (Å²) < 4.78 is 6.38. The molecule has 0 bridgehead atoms. The number of carbonyl (C=O) groups is 3. The van der Waals surface area contributed by atoms with Crippen LogP contribution < -0.4 is 5.32 Å². The molecule has 1 saturated carbocycles. The summed E-state index contributed by atoms with van der Waals surface area (Å²) in [4.78, 5) is 38.4. The van der Waals surface area contributed by atoms with Crippen LogP contribution in [0.15, 0.2) is 42.5 Å². The van der Waals surface area contributed by atoms with Gasteiger partial charge >= 0.3 is 5.97 Å². The SMILES string of the molecule is CCOC(=O)c1nn(C(=O)c2cccc(C)c2)c2ccc(NC(=O)C3CCCCC3)cc12. The molecular formula is C25H27N3O4. The van der Waals surface area contributed by atoms with E-state index in [1.54, 1.807) is 43.3 Å². The maximum atomic E-state index is 13.2. The average Bonchev–Trinajstić information content (AvgIpc) is 3.18. The lowest BCUT2D eigenvalue weighted by Crippen LogP contribution is -2.24. The van der Waals surface area contributed by atoms with Crippen molar-refractivity contribution in [3.8, 4) is 0 Å². The number of rotatable bonds is 5. The molecule has 1 heterocycles. The van der Waals surface area contributed by atoms with Crippen LogP contribution in [0, 0.1) is 12.8 Å². The molecule has 0 saturated heterocycles. The third-order valence-corrected chi connectivity index (χ3v) is 5.85. The van der Waals surface area contributed by atoms with Gasteiger partial charge in [0.25, 0.3) is 5.91 Å². The van der Waals surface area contributed by atoms with E-state index in [-0.39, 0.29) is 30.0 Å². The van der Waals surface area contributed by atoms with Gasteiger partial charge in [-0.3, -0.25) is 9.59 Å². The quantitative estimate of drug-likeness (QED) is 0.588. The molecular weight excluding hydrogens is 406 g/mol. The number of nitrogens with zero attached hydrogens (tertiary/aromatic N) is 2. The standard InChI is InChI=1S/C25H27N3O4/c1-3-32-25(31)22-20-15-19(26-23(29)17-9-5-4-6-10-17)12-13-21(20)28(27-22)24(30)18-11-7-8-16(2)14-18/h7-8,11-15,17H,3-6,9-10H2,1-2H3,(H,26,29). The van der Waals surface area contributed by atoms with E-state index in [1.165, 1.54) is 11.1 Å². The molecule has 1 N–H and O–H groups in total. The highest BCUT2D eigenvalue weighted by Crippen LogP contribution is 2.28. The van der Waals surface area contributed by atoms with Gasteiger partial charge in [0.05, 0.1) is 12.1 Å². The van der Waals surface area contributed by atoms with E-state index in [1.807, 2.05) is 13.0 Å². The molecule has 0 radical (unpaired) electrons. The molecule has 4 rings (SSSR count). The zero-order valence-corrected chi connectivity index (χ0v) is 18.4. The van der Waals surface area contributed by atoms with E-state index in [4.69, 9.17) is 4.74 Å². The number of anilines is 1. The normalized spacial score (nSPS) is 14.3. The van der Waals surface area contributed by atoms with E-state index in [0.717, 1.165) is 31.2 Å². The van der Waals surface area contributed by atoms with Crippen molar-refractivity contribution in [2.24, 2.45) is 5.92 Å². The summed E-state index contributed by atoms with van der Waals surface area (Å²) in [6, 6.07) is 12.3. The number of hydrogen-bond donors (Lipinski definition) is 1. The van der Waals surface area contributed by atoms with Gasteiger partial charge in [-0.2, -0.15) is 9.78 Å². The van der Waals surface area contributed by atoms with Crippen LogP contribution in [0.2, 0.25) is 0 Å². The highest BCUT2D eigenvalue weighted by molar-refractivity contribution is 6.09. The molecule has 3 aromatic rings. The minimum Gasteiger partial charge on any atom is -0.461 e. The van der Waals surface area contributed by atoms with Gasteiger partial charge in [0, 0.05) is 22.6 Å². The van der Waals surface area contributed by atoms with E-state index >= 15 is 0 Å². The van der Waals surface area contributed by atoms with E-state index in [0.29, 0.717) is 22.2 Å². The fraction of sp³-hybridized carbons (Fsp3) is 0.360. The Kier molecular flexibility index (Phi) is 6.35. The zero-order chi connectivity index (χ0) is 22.7. The Labute approximate surface area is 186 Å². The summed E-state index contributed by atoms with van der Waals surface area (Å²) in [6.45, 7) is 3.81. The minimum atomic E-state index is -0.607. The number of aromatic nitrogens is 2. The van der Waals surface area contributed by atoms with Gasteiger partial charge in [0.1, 0.15) is 0 Å². The topological polar surface area (TPSA) is 90.3 Å². The first-order valence-electron chi connectivity index (χ1n) is 11.1. The van der Waals surface area contributed by atoms with Crippen LogP contribution in [-0.4, -0.2) is 34.2 Å². The number of carbonyl (C=O) groups excluding carboxylic acids is 3. The fourth-order valence-corrected chi connectivity index (χ4v) is 4.21. The van der Waals surface area contributed by atoms with Gasteiger partial charge in [-0.05, 0) is 57.0 Å². The number of amides is 1. The summed E-state index contributed by atoms with van der Waals surface area (Å²) in [5, 5.41) is 7.73. The van der Waals surface area contributed by atoms with Gasteiger partial charge in [-0.1, -0.05) is 37.0 Å². The fourth-order valence-electron chi connectivity index (χ4n) is 4.21. The van der Waals surface area contributed by atoms with Crippen LogP contribution in [0.3, 0.4) is 0 Å². The third kappa shape index (κ3) is 4.42. The van der Waals surface area contributed by atoms with Crippen molar-refractivity contribution in [2.75, 3.05) is 11.9 Å². The van der Waals surface area contributed by atoms with Gasteiger partial charge in [0.15, 0.2) is 5.69 Å². The van der Waals surface area contributed by atoms with Crippen molar-refractivity contribution in [3.63, 3.8) is 0 Å². The Morgan fingerprint density at radius 1 is 1.09 bits per heavy atom. The molecule has 1 aliphatic rings. The molecule has 0 atom stereocenters. The van der Waals surface area contributed by atoms with Crippen LogP contribution in [0.1, 0.15) is 65.4 Å². The molecule has 0 spiro atoms.